The molecule has 1 fully saturated rings. The van der Waals surface area contributed by atoms with Gasteiger partial charge in [0.25, 0.3) is 5.91 Å². The molecule has 0 radical (unpaired) electrons. The van der Waals surface area contributed by atoms with E-state index in [0.717, 1.165) is 24.0 Å². The SMILES string of the molecule is COC(=O)C[C@H](NC(=O)c1ccc(C(=N)N)cc1)C(=O)N1CCN(CC(=O)O)C(=O)[C@@H]1CC(=O)OC. The Hall–Kier alpha value is -4.49. The third-order valence-corrected chi connectivity index (χ3v) is 5.44. The number of carbonyl (C=O) groups is 6. The number of rotatable bonds is 10. The van der Waals surface area contributed by atoms with Crippen LogP contribution in [0, 0.1) is 5.41 Å². The van der Waals surface area contributed by atoms with Gasteiger partial charge in [0.05, 0.1) is 27.1 Å². The van der Waals surface area contributed by atoms with E-state index in [4.69, 9.17) is 16.2 Å². The third kappa shape index (κ3) is 7.01. The molecule has 0 aliphatic carbocycles. The van der Waals surface area contributed by atoms with Crippen LogP contribution >= 0.6 is 0 Å². The fourth-order valence-corrected chi connectivity index (χ4v) is 3.55. The van der Waals surface area contributed by atoms with Crippen LogP contribution in [0.4, 0.5) is 0 Å². The van der Waals surface area contributed by atoms with Gasteiger partial charge in [-0.15, -0.1) is 0 Å². The number of hydrogen-bond acceptors (Lipinski definition) is 9. The van der Waals surface area contributed by atoms with Crippen LogP contribution < -0.4 is 11.1 Å². The second kappa shape index (κ2) is 12.3. The van der Waals surface area contributed by atoms with Crippen LogP contribution in [-0.2, 0) is 33.4 Å². The molecule has 2 rings (SSSR count). The molecule has 1 aromatic carbocycles. The molecule has 14 heteroatoms. The summed E-state index contributed by atoms with van der Waals surface area (Å²) in [5, 5.41) is 18.9. The molecule has 5 N–H and O–H groups in total. The Morgan fingerprint density at radius 3 is 2.19 bits per heavy atom. The normalized spacial score (nSPS) is 16.1. The Kier molecular flexibility index (Phi) is 9.47. The van der Waals surface area contributed by atoms with Crippen LogP contribution in [-0.4, -0.2) is 102 Å². The second-order valence-corrected chi connectivity index (χ2v) is 7.78. The van der Waals surface area contributed by atoms with Crippen molar-refractivity contribution in [2.24, 2.45) is 5.73 Å². The molecule has 0 bridgehead atoms. The minimum atomic E-state index is -1.46. The van der Waals surface area contributed by atoms with Gasteiger partial charge in [-0.25, -0.2) is 0 Å². The zero-order valence-corrected chi connectivity index (χ0v) is 19.7. The van der Waals surface area contributed by atoms with Crippen LogP contribution in [0.3, 0.4) is 0 Å². The fraction of sp³-hybridized carbons (Fsp3) is 0.409. The molecule has 0 spiro atoms. The van der Waals surface area contributed by atoms with Gasteiger partial charge in [0.2, 0.25) is 11.8 Å². The van der Waals surface area contributed by atoms with E-state index in [9.17, 15) is 28.8 Å². The number of nitrogen functional groups attached to an aromatic ring is 1. The lowest BCUT2D eigenvalue weighted by molar-refractivity contribution is -0.160. The quantitative estimate of drug-likeness (QED) is 0.161. The third-order valence-electron chi connectivity index (χ3n) is 5.44. The number of piperazine rings is 1. The molecule has 36 heavy (non-hydrogen) atoms. The first-order valence-electron chi connectivity index (χ1n) is 10.7. The minimum absolute atomic E-state index is 0.108. The molecule has 3 amide bonds. The lowest BCUT2D eigenvalue weighted by atomic mass is 10.0. The van der Waals surface area contributed by atoms with Gasteiger partial charge in [0, 0.05) is 24.2 Å². The smallest absolute Gasteiger partial charge is 0.323 e. The molecule has 1 aliphatic rings. The molecule has 14 nitrogen and oxygen atoms in total. The van der Waals surface area contributed by atoms with Crippen LogP contribution in [0.1, 0.15) is 28.8 Å². The number of amides is 3. The molecule has 1 saturated heterocycles. The second-order valence-electron chi connectivity index (χ2n) is 7.78. The van der Waals surface area contributed by atoms with Gasteiger partial charge < -0.3 is 35.4 Å². The van der Waals surface area contributed by atoms with E-state index in [1.165, 1.54) is 24.3 Å². The van der Waals surface area contributed by atoms with Crippen LogP contribution in [0.2, 0.25) is 0 Å². The summed E-state index contributed by atoms with van der Waals surface area (Å²) < 4.78 is 9.23. The Bertz CT molecular complexity index is 1060. The summed E-state index contributed by atoms with van der Waals surface area (Å²) in [7, 11) is 2.19. The number of amidine groups is 1. The summed E-state index contributed by atoms with van der Waals surface area (Å²) in [4.78, 5) is 76.2. The van der Waals surface area contributed by atoms with E-state index in [2.05, 4.69) is 14.8 Å². The van der Waals surface area contributed by atoms with Gasteiger partial charge >= 0.3 is 17.9 Å². The van der Waals surface area contributed by atoms with Gasteiger partial charge in [0.15, 0.2) is 0 Å². The fourth-order valence-electron chi connectivity index (χ4n) is 3.55. The number of ether oxygens (including phenoxy) is 2. The average Bonchev–Trinajstić information content (AvgIpc) is 2.85. The first kappa shape index (κ1) is 27.8. The highest BCUT2D eigenvalue weighted by molar-refractivity contribution is 6.01. The predicted molar refractivity (Wildman–Crippen MR) is 122 cm³/mol. The number of esters is 2. The zero-order chi connectivity index (χ0) is 27.0. The first-order chi connectivity index (χ1) is 17.0. The highest BCUT2D eigenvalue weighted by atomic mass is 16.5. The number of carboxylic acid groups (broad SMARTS) is 1. The molecule has 1 heterocycles. The van der Waals surface area contributed by atoms with Crippen molar-refractivity contribution in [1.82, 2.24) is 15.1 Å². The highest BCUT2D eigenvalue weighted by Crippen LogP contribution is 2.18. The van der Waals surface area contributed by atoms with E-state index in [-0.39, 0.29) is 24.5 Å². The van der Waals surface area contributed by atoms with Crippen LogP contribution in [0.15, 0.2) is 24.3 Å². The number of carboxylic acids is 1. The number of carbonyl (C=O) groups excluding carboxylic acids is 5. The van der Waals surface area contributed by atoms with Crippen molar-refractivity contribution in [2.45, 2.75) is 24.9 Å². The molecule has 0 aromatic heterocycles. The average molecular weight is 505 g/mol. The molecule has 194 valence electrons. The van der Waals surface area contributed by atoms with E-state index in [1.807, 2.05) is 0 Å². The van der Waals surface area contributed by atoms with Crippen molar-refractivity contribution >= 4 is 41.5 Å². The summed E-state index contributed by atoms with van der Waals surface area (Å²) >= 11 is 0. The molecule has 2 atom stereocenters. The number of hydrogen-bond donors (Lipinski definition) is 4. The van der Waals surface area contributed by atoms with Gasteiger partial charge in [-0.05, 0) is 12.1 Å². The minimum Gasteiger partial charge on any atom is -0.480 e. The Morgan fingerprint density at radius 2 is 1.67 bits per heavy atom. The van der Waals surface area contributed by atoms with Crippen LogP contribution in [0.25, 0.3) is 0 Å². The van der Waals surface area contributed by atoms with Gasteiger partial charge in [-0.3, -0.25) is 34.2 Å². The summed E-state index contributed by atoms with van der Waals surface area (Å²) in [6.07, 6.45) is -1.12. The van der Waals surface area contributed by atoms with Gasteiger partial charge in [0.1, 0.15) is 24.5 Å². The number of nitrogens with zero attached hydrogens (tertiary/aromatic N) is 2. The van der Waals surface area contributed by atoms with Gasteiger partial charge in [-0.1, -0.05) is 12.1 Å². The van der Waals surface area contributed by atoms with Crippen molar-refractivity contribution < 1.29 is 43.3 Å². The molecule has 1 aliphatic heterocycles. The van der Waals surface area contributed by atoms with Crippen molar-refractivity contribution in [3.8, 4) is 0 Å². The number of nitrogens with one attached hydrogen (secondary N) is 2. The number of methoxy groups -OCH3 is 2. The van der Waals surface area contributed by atoms with Crippen molar-refractivity contribution in [3.05, 3.63) is 35.4 Å². The van der Waals surface area contributed by atoms with Crippen LogP contribution in [0.5, 0.6) is 0 Å². The Labute approximate surface area is 205 Å². The number of nitrogens with two attached hydrogens (primary N) is 1. The molecule has 0 unspecified atom stereocenters. The lowest BCUT2D eigenvalue weighted by Crippen LogP contribution is -2.63. The maximum Gasteiger partial charge on any atom is 0.323 e. The number of aliphatic carboxylic acids is 1. The first-order valence-corrected chi connectivity index (χ1v) is 10.7. The summed E-state index contributed by atoms with van der Waals surface area (Å²) in [6, 6.07) is 2.75. The maximum atomic E-state index is 13.4. The van der Waals surface area contributed by atoms with Gasteiger partial charge in [-0.2, -0.15) is 0 Å². The molecule has 1 aromatic rings. The molecular weight excluding hydrogens is 478 g/mol. The molecule has 0 saturated carbocycles. The molecular formula is C22H27N5O9. The standard InChI is InChI=1S/C22H27N5O9/c1-35-17(30)9-14(25-20(32)13-5-3-12(4-6-13)19(23)24)21(33)27-8-7-26(11-16(28)29)22(34)15(27)10-18(31)36-2/h3-6,14-15H,7-11H2,1-2H3,(H3,23,24)(H,25,32)(H,28,29)/t14-,15-/m0/s1. The maximum absolute atomic E-state index is 13.4. The zero-order valence-electron chi connectivity index (χ0n) is 19.7. The number of benzene rings is 1. The monoisotopic (exact) mass is 505 g/mol. The summed E-state index contributed by atoms with van der Waals surface area (Å²) in [6.45, 7) is -0.919. The van der Waals surface area contributed by atoms with E-state index in [1.54, 1.807) is 0 Å². The van der Waals surface area contributed by atoms with Crippen molar-refractivity contribution in [1.29, 1.82) is 5.41 Å². The van der Waals surface area contributed by atoms with E-state index >= 15 is 0 Å². The topological polar surface area (TPSA) is 209 Å². The van der Waals surface area contributed by atoms with Crippen molar-refractivity contribution in [2.75, 3.05) is 33.9 Å². The summed E-state index contributed by atoms with van der Waals surface area (Å²) in [5.74, 6) is -5.47. The van der Waals surface area contributed by atoms with E-state index in [0.29, 0.717) is 5.56 Å². The summed E-state index contributed by atoms with van der Waals surface area (Å²) in [5.41, 5.74) is 5.88. The Morgan fingerprint density at radius 1 is 1.08 bits per heavy atom. The van der Waals surface area contributed by atoms with Crippen molar-refractivity contribution in [3.63, 3.8) is 0 Å². The predicted octanol–water partition coefficient (Wildman–Crippen LogP) is -1.68. The lowest BCUT2D eigenvalue weighted by Gasteiger charge is -2.41. The largest absolute Gasteiger partial charge is 0.480 e. The highest BCUT2D eigenvalue weighted by Gasteiger charge is 2.42. The van der Waals surface area contributed by atoms with E-state index < -0.39 is 67.1 Å². The Balaban J connectivity index is 2.32.